The van der Waals surface area contributed by atoms with Crippen molar-refractivity contribution in [1.82, 2.24) is 14.9 Å². The maximum atomic E-state index is 12.7. The molecule has 0 aliphatic rings. The van der Waals surface area contributed by atoms with Crippen molar-refractivity contribution in [1.29, 1.82) is 0 Å². The number of nitrogens with one attached hydrogen (secondary N) is 1. The summed E-state index contributed by atoms with van der Waals surface area (Å²) in [5.41, 5.74) is 1.55. The molecule has 0 aliphatic heterocycles. The highest BCUT2D eigenvalue weighted by Gasteiger charge is 2.14. The zero-order chi connectivity index (χ0) is 19.2. The Morgan fingerprint density at radius 2 is 1.93 bits per heavy atom. The standard InChI is InChI=1S/C21H21N3O2S/c1-3-13-24-20(26)17-11-7-8-12-18(17)23-21(24)27-14-19(25)22-15(2)16-9-5-4-6-10-16/h3-12,15H,1,13-14H2,2H3,(H,22,25)/t15-/m1/s1. The fourth-order valence-corrected chi connectivity index (χ4v) is 3.61. The summed E-state index contributed by atoms with van der Waals surface area (Å²) in [5.74, 6) is 0.0722. The van der Waals surface area contributed by atoms with Gasteiger partial charge in [0, 0.05) is 6.54 Å². The molecule has 0 saturated heterocycles. The van der Waals surface area contributed by atoms with Crippen LogP contribution in [0.15, 0.2) is 77.2 Å². The van der Waals surface area contributed by atoms with E-state index in [1.165, 1.54) is 11.8 Å². The molecule has 138 valence electrons. The summed E-state index contributed by atoms with van der Waals surface area (Å²) >= 11 is 1.25. The van der Waals surface area contributed by atoms with Crippen LogP contribution in [-0.4, -0.2) is 21.2 Å². The van der Waals surface area contributed by atoms with E-state index in [4.69, 9.17) is 0 Å². The van der Waals surface area contributed by atoms with Gasteiger partial charge < -0.3 is 5.32 Å². The Balaban J connectivity index is 1.76. The first kappa shape index (κ1) is 18.9. The first-order valence-electron chi connectivity index (χ1n) is 8.67. The van der Waals surface area contributed by atoms with Crippen LogP contribution in [-0.2, 0) is 11.3 Å². The van der Waals surface area contributed by atoms with Gasteiger partial charge in [0.1, 0.15) is 0 Å². The number of nitrogens with zero attached hydrogens (tertiary/aromatic N) is 2. The van der Waals surface area contributed by atoms with E-state index in [0.29, 0.717) is 22.6 Å². The lowest BCUT2D eigenvalue weighted by Crippen LogP contribution is -2.29. The predicted octanol–water partition coefficient (Wildman–Crippen LogP) is 3.55. The van der Waals surface area contributed by atoms with Gasteiger partial charge in [-0.15, -0.1) is 6.58 Å². The SMILES string of the molecule is C=CCn1c(SCC(=O)N[C@H](C)c2ccccc2)nc2ccccc2c1=O. The van der Waals surface area contributed by atoms with Gasteiger partial charge in [-0.1, -0.05) is 60.3 Å². The number of benzene rings is 2. The molecule has 1 N–H and O–H groups in total. The molecule has 2 aromatic carbocycles. The summed E-state index contributed by atoms with van der Waals surface area (Å²) in [5, 5.41) is 4.05. The third kappa shape index (κ3) is 4.46. The molecule has 0 bridgehead atoms. The first-order valence-corrected chi connectivity index (χ1v) is 9.66. The van der Waals surface area contributed by atoms with Crippen LogP contribution in [0.1, 0.15) is 18.5 Å². The molecular formula is C21H21N3O2S. The smallest absolute Gasteiger partial charge is 0.262 e. The van der Waals surface area contributed by atoms with Crippen LogP contribution < -0.4 is 10.9 Å². The molecule has 0 spiro atoms. The van der Waals surface area contributed by atoms with Crippen molar-refractivity contribution in [2.24, 2.45) is 0 Å². The third-order valence-electron chi connectivity index (χ3n) is 4.15. The summed E-state index contributed by atoms with van der Waals surface area (Å²) in [4.78, 5) is 29.6. The van der Waals surface area contributed by atoms with E-state index in [0.717, 1.165) is 5.56 Å². The highest BCUT2D eigenvalue weighted by atomic mass is 32.2. The van der Waals surface area contributed by atoms with Crippen LogP contribution in [0.3, 0.4) is 0 Å². The average Bonchev–Trinajstić information content (AvgIpc) is 2.69. The number of fused-ring (bicyclic) bond motifs is 1. The molecule has 5 nitrogen and oxygen atoms in total. The van der Waals surface area contributed by atoms with Gasteiger partial charge in [-0.3, -0.25) is 14.2 Å². The van der Waals surface area contributed by atoms with Gasteiger partial charge in [-0.2, -0.15) is 0 Å². The summed E-state index contributed by atoms with van der Waals surface area (Å²) in [6.07, 6.45) is 1.65. The summed E-state index contributed by atoms with van der Waals surface area (Å²) in [7, 11) is 0. The number of aromatic nitrogens is 2. The lowest BCUT2D eigenvalue weighted by Gasteiger charge is -2.15. The molecule has 0 radical (unpaired) electrons. The molecule has 3 aromatic rings. The zero-order valence-electron chi connectivity index (χ0n) is 15.1. The number of hydrogen-bond acceptors (Lipinski definition) is 4. The second-order valence-electron chi connectivity index (χ2n) is 6.10. The topological polar surface area (TPSA) is 64.0 Å². The Labute approximate surface area is 162 Å². The molecule has 1 aromatic heterocycles. The number of carbonyl (C=O) groups is 1. The number of rotatable bonds is 7. The van der Waals surface area contributed by atoms with Crippen LogP contribution in [0.4, 0.5) is 0 Å². The molecule has 1 heterocycles. The lowest BCUT2D eigenvalue weighted by atomic mass is 10.1. The first-order chi connectivity index (χ1) is 13.1. The maximum absolute atomic E-state index is 12.7. The number of hydrogen-bond donors (Lipinski definition) is 1. The summed E-state index contributed by atoms with van der Waals surface area (Å²) in [6.45, 7) is 6.00. The molecule has 3 rings (SSSR count). The van der Waals surface area contributed by atoms with Gasteiger partial charge in [-0.05, 0) is 24.6 Å². The van der Waals surface area contributed by atoms with Crippen molar-refractivity contribution in [2.75, 3.05) is 5.75 Å². The number of thioether (sulfide) groups is 1. The molecule has 0 unspecified atom stereocenters. The molecule has 0 aliphatic carbocycles. The minimum Gasteiger partial charge on any atom is -0.349 e. The second kappa shape index (κ2) is 8.68. The van der Waals surface area contributed by atoms with Crippen molar-refractivity contribution in [3.8, 4) is 0 Å². The highest BCUT2D eigenvalue weighted by Crippen LogP contribution is 2.18. The van der Waals surface area contributed by atoms with Gasteiger partial charge in [0.25, 0.3) is 5.56 Å². The van der Waals surface area contributed by atoms with E-state index in [-0.39, 0.29) is 23.3 Å². The molecule has 0 fully saturated rings. The Hall–Kier alpha value is -2.86. The Bertz CT molecular complexity index is 1010. The van der Waals surface area contributed by atoms with E-state index in [9.17, 15) is 9.59 Å². The van der Waals surface area contributed by atoms with Crippen molar-refractivity contribution in [3.63, 3.8) is 0 Å². The normalized spacial score (nSPS) is 11.9. The number of amides is 1. The van der Waals surface area contributed by atoms with Gasteiger partial charge in [0.15, 0.2) is 5.16 Å². The highest BCUT2D eigenvalue weighted by molar-refractivity contribution is 7.99. The van der Waals surface area contributed by atoms with E-state index in [1.54, 1.807) is 22.8 Å². The van der Waals surface area contributed by atoms with Crippen LogP contribution in [0.25, 0.3) is 10.9 Å². The van der Waals surface area contributed by atoms with E-state index in [1.807, 2.05) is 49.4 Å². The minimum absolute atomic E-state index is 0.0840. The van der Waals surface area contributed by atoms with Gasteiger partial charge in [0.05, 0.1) is 22.7 Å². The molecule has 1 amide bonds. The monoisotopic (exact) mass is 379 g/mol. The van der Waals surface area contributed by atoms with E-state index in [2.05, 4.69) is 16.9 Å². The van der Waals surface area contributed by atoms with E-state index >= 15 is 0 Å². The van der Waals surface area contributed by atoms with Crippen molar-refractivity contribution in [2.45, 2.75) is 24.7 Å². The molecule has 1 atom stereocenters. The Kier molecular flexibility index (Phi) is 6.08. The molecule has 0 saturated carbocycles. The fraction of sp³-hybridized carbons (Fsp3) is 0.190. The quantitative estimate of drug-likeness (QED) is 0.387. The van der Waals surface area contributed by atoms with Gasteiger partial charge in [0.2, 0.25) is 5.91 Å². The van der Waals surface area contributed by atoms with Crippen LogP contribution >= 0.6 is 11.8 Å². The number of allylic oxidation sites excluding steroid dienone is 1. The zero-order valence-corrected chi connectivity index (χ0v) is 15.9. The van der Waals surface area contributed by atoms with Crippen molar-refractivity contribution >= 4 is 28.6 Å². The molecular weight excluding hydrogens is 358 g/mol. The summed E-state index contributed by atoms with van der Waals surface area (Å²) in [6, 6.07) is 16.9. The van der Waals surface area contributed by atoms with Crippen LogP contribution in [0.5, 0.6) is 0 Å². The Morgan fingerprint density at radius 3 is 2.67 bits per heavy atom. The fourth-order valence-electron chi connectivity index (χ4n) is 2.79. The van der Waals surface area contributed by atoms with Crippen LogP contribution in [0, 0.1) is 0 Å². The molecule has 6 heteroatoms. The second-order valence-corrected chi connectivity index (χ2v) is 7.05. The number of carbonyl (C=O) groups excluding carboxylic acids is 1. The minimum atomic E-state index is -0.124. The van der Waals surface area contributed by atoms with Crippen molar-refractivity contribution < 1.29 is 4.79 Å². The maximum Gasteiger partial charge on any atom is 0.262 e. The average molecular weight is 379 g/mol. The number of para-hydroxylation sites is 1. The lowest BCUT2D eigenvalue weighted by molar-refractivity contribution is -0.119. The van der Waals surface area contributed by atoms with Gasteiger partial charge in [-0.25, -0.2) is 4.98 Å². The van der Waals surface area contributed by atoms with Gasteiger partial charge >= 0.3 is 0 Å². The predicted molar refractivity (Wildman–Crippen MR) is 110 cm³/mol. The summed E-state index contributed by atoms with van der Waals surface area (Å²) < 4.78 is 1.55. The van der Waals surface area contributed by atoms with Crippen molar-refractivity contribution in [3.05, 3.63) is 83.2 Å². The molecule has 27 heavy (non-hydrogen) atoms. The largest absolute Gasteiger partial charge is 0.349 e. The Morgan fingerprint density at radius 1 is 1.22 bits per heavy atom. The van der Waals surface area contributed by atoms with Crippen LogP contribution in [0.2, 0.25) is 0 Å². The van der Waals surface area contributed by atoms with E-state index < -0.39 is 0 Å². The third-order valence-corrected chi connectivity index (χ3v) is 5.12.